The SMILES string of the molecule is COc1cc(CNC[C@H]2CCCO2)cc(Br)c1OCc1ccccc1F. The summed E-state index contributed by atoms with van der Waals surface area (Å²) in [6, 6.07) is 10.5. The van der Waals surface area contributed by atoms with E-state index in [2.05, 4.69) is 21.2 Å². The predicted octanol–water partition coefficient (Wildman–Crippen LogP) is 4.44. The number of rotatable bonds is 8. The van der Waals surface area contributed by atoms with Crippen molar-refractivity contribution >= 4 is 15.9 Å². The largest absolute Gasteiger partial charge is 0.493 e. The maximum Gasteiger partial charge on any atom is 0.175 e. The van der Waals surface area contributed by atoms with Gasteiger partial charge in [-0.15, -0.1) is 0 Å². The molecule has 1 aliphatic rings. The van der Waals surface area contributed by atoms with Gasteiger partial charge in [0.15, 0.2) is 11.5 Å². The molecule has 0 bridgehead atoms. The van der Waals surface area contributed by atoms with Crippen molar-refractivity contribution in [3.05, 3.63) is 57.8 Å². The molecule has 0 unspecified atom stereocenters. The molecule has 2 aromatic carbocycles. The van der Waals surface area contributed by atoms with Crippen LogP contribution in [0.5, 0.6) is 11.5 Å². The van der Waals surface area contributed by atoms with E-state index in [4.69, 9.17) is 14.2 Å². The van der Waals surface area contributed by atoms with Gasteiger partial charge in [-0.3, -0.25) is 0 Å². The molecule has 1 saturated heterocycles. The van der Waals surface area contributed by atoms with E-state index in [1.807, 2.05) is 12.1 Å². The second-order valence-electron chi connectivity index (χ2n) is 6.26. The van der Waals surface area contributed by atoms with Crippen LogP contribution in [0.4, 0.5) is 4.39 Å². The number of hydrogen-bond donors (Lipinski definition) is 1. The van der Waals surface area contributed by atoms with Crippen molar-refractivity contribution in [2.45, 2.75) is 32.1 Å². The van der Waals surface area contributed by atoms with E-state index >= 15 is 0 Å². The van der Waals surface area contributed by atoms with Gasteiger partial charge < -0.3 is 19.5 Å². The average molecular weight is 424 g/mol. The normalized spacial score (nSPS) is 16.7. The first-order valence-corrected chi connectivity index (χ1v) is 9.51. The Bertz CT molecular complexity index is 735. The van der Waals surface area contributed by atoms with Gasteiger partial charge >= 0.3 is 0 Å². The highest BCUT2D eigenvalue weighted by molar-refractivity contribution is 9.10. The molecule has 0 radical (unpaired) electrons. The highest BCUT2D eigenvalue weighted by Crippen LogP contribution is 2.37. The van der Waals surface area contributed by atoms with Crippen LogP contribution >= 0.6 is 15.9 Å². The summed E-state index contributed by atoms with van der Waals surface area (Å²) in [6.45, 7) is 2.55. The second kappa shape index (κ2) is 9.35. The number of benzene rings is 2. The number of nitrogens with one attached hydrogen (secondary N) is 1. The molecule has 6 heteroatoms. The zero-order chi connectivity index (χ0) is 18.4. The molecule has 2 aromatic rings. The van der Waals surface area contributed by atoms with E-state index in [-0.39, 0.29) is 12.4 Å². The van der Waals surface area contributed by atoms with Gasteiger partial charge in [0.25, 0.3) is 0 Å². The van der Waals surface area contributed by atoms with Crippen molar-refractivity contribution in [2.75, 3.05) is 20.3 Å². The van der Waals surface area contributed by atoms with Gasteiger partial charge in [0.05, 0.1) is 17.7 Å². The minimum Gasteiger partial charge on any atom is -0.493 e. The van der Waals surface area contributed by atoms with Gasteiger partial charge in [-0.2, -0.15) is 0 Å². The quantitative estimate of drug-likeness (QED) is 0.680. The van der Waals surface area contributed by atoms with Crippen LogP contribution in [-0.4, -0.2) is 26.4 Å². The van der Waals surface area contributed by atoms with Gasteiger partial charge in [-0.25, -0.2) is 4.39 Å². The molecule has 1 heterocycles. The first-order valence-electron chi connectivity index (χ1n) is 8.72. The maximum absolute atomic E-state index is 13.8. The topological polar surface area (TPSA) is 39.7 Å². The fourth-order valence-electron chi connectivity index (χ4n) is 2.96. The fourth-order valence-corrected chi connectivity index (χ4v) is 3.57. The molecule has 0 aromatic heterocycles. The van der Waals surface area contributed by atoms with Crippen LogP contribution in [0, 0.1) is 5.82 Å². The van der Waals surface area contributed by atoms with Gasteiger partial charge in [-0.05, 0) is 52.5 Å². The lowest BCUT2D eigenvalue weighted by Gasteiger charge is -2.16. The molecule has 0 amide bonds. The van der Waals surface area contributed by atoms with Crippen molar-refractivity contribution in [2.24, 2.45) is 0 Å². The lowest BCUT2D eigenvalue weighted by molar-refractivity contribution is 0.110. The molecule has 140 valence electrons. The van der Waals surface area contributed by atoms with E-state index in [0.29, 0.717) is 29.7 Å². The van der Waals surface area contributed by atoms with Crippen LogP contribution in [0.25, 0.3) is 0 Å². The summed E-state index contributed by atoms with van der Waals surface area (Å²) in [6.07, 6.45) is 2.56. The van der Waals surface area contributed by atoms with E-state index in [1.165, 1.54) is 6.07 Å². The van der Waals surface area contributed by atoms with Crippen LogP contribution in [0.15, 0.2) is 40.9 Å². The summed E-state index contributed by atoms with van der Waals surface area (Å²) in [5.41, 5.74) is 1.58. The molecule has 26 heavy (non-hydrogen) atoms. The van der Waals surface area contributed by atoms with Gasteiger partial charge in [0.1, 0.15) is 12.4 Å². The molecule has 1 N–H and O–H groups in total. The van der Waals surface area contributed by atoms with E-state index in [9.17, 15) is 4.39 Å². The average Bonchev–Trinajstić information content (AvgIpc) is 3.15. The van der Waals surface area contributed by atoms with E-state index in [0.717, 1.165) is 36.0 Å². The molecule has 1 aliphatic heterocycles. The number of halogens is 2. The number of hydrogen-bond acceptors (Lipinski definition) is 4. The lowest BCUT2D eigenvalue weighted by atomic mass is 10.2. The minimum atomic E-state index is -0.280. The van der Waals surface area contributed by atoms with Gasteiger partial charge in [0.2, 0.25) is 0 Å². The Kier molecular flexibility index (Phi) is 6.88. The molecule has 1 fully saturated rings. The van der Waals surface area contributed by atoms with Crippen molar-refractivity contribution in [1.29, 1.82) is 0 Å². The Labute approximate surface area is 161 Å². The Hall–Kier alpha value is -1.63. The first kappa shape index (κ1) is 19.1. The van der Waals surface area contributed by atoms with Gasteiger partial charge in [0, 0.05) is 25.3 Å². The van der Waals surface area contributed by atoms with Crippen molar-refractivity contribution in [3.8, 4) is 11.5 Å². The Balaban J connectivity index is 1.63. The monoisotopic (exact) mass is 423 g/mol. The number of ether oxygens (including phenoxy) is 3. The molecule has 0 saturated carbocycles. The smallest absolute Gasteiger partial charge is 0.175 e. The zero-order valence-electron chi connectivity index (χ0n) is 14.8. The maximum atomic E-state index is 13.8. The third-order valence-electron chi connectivity index (χ3n) is 4.34. The highest BCUT2D eigenvalue weighted by Gasteiger charge is 2.16. The Morgan fingerprint density at radius 3 is 2.88 bits per heavy atom. The molecule has 1 atom stereocenters. The predicted molar refractivity (Wildman–Crippen MR) is 102 cm³/mol. The first-order chi connectivity index (χ1) is 12.7. The van der Waals surface area contributed by atoms with Crippen molar-refractivity contribution in [1.82, 2.24) is 5.32 Å². The highest BCUT2D eigenvalue weighted by atomic mass is 79.9. The zero-order valence-corrected chi connectivity index (χ0v) is 16.4. The Morgan fingerprint density at radius 1 is 1.31 bits per heavy atom. The third kappa shape index (κ3) is 4.96. The Morgan fingerprint density at radius 2 is 2.15 bits per heavy atom. The standard InChI is InChI=1S/C20H23BrFNO3/c1-24-19-10-14(11-23-12-16-6-4-8-25-16)9-17(21)20(19)26-13-15-5-2-3-7-18(15)22/h2-3,5,7,9-10,16,23H,4,6,8,11-13H2,1H3/t16-/m1/s1. The fraction of sp³-hybridized carbons (Fsp3) is 0.400. The molecule has 4 nitrogen and oxygen atoms in total. The molecule has 3 rings (SSSR count). The molecule has 0 aliphatic carbocycles. The van der Waals surface area contributed by atoms with Crippen LogP contribution in [-0.2, 0) is 17.9 Å². The number of methoxy groups -OCH3 is 1. The summed E-state index contributed by atoms with van der Waals surface area (Å²) in [4.78, 5) is 0. The second-order valence-corrected chi connectivity index (χ2v) is 7.11. The summed E-state index contributed by atoms with van der Waals surface area (Å²) < 4.78 is 31.4. The molecule has 0 spiro atoms. The van der Waals surface area contributed by atoms with Crippen LogP contribution < -0.4 is 14.8 Å². The lowest BCUT2D eigenvalue weighted by Crippen LogP contribution is -2.25. The van der Waals surface area contributed by atoms with Crippen molar-refractivity contribution in [3.63, 3.8) is 0 Å². The summed E-state index contributed by atoms with van der Waals surface area (Å²) >= 11 is 3.54. The van der Waals surface area contributed by atoms with Crippen LogP contribution in [0.3, 0.4) is 0 Å². The summed E-state index contributed by atoms with van der Waals surface area (Å²) in [7, 11) is 1.60. The summed E-state index contributed by atoms with van der Waals surface area (Å²) in [5, 5.41) is 3.42. The minimum absolute atomic E-state index is 0.137. The molecular formula is C20H23BrFNO3. The third-order valence-corrected chi connectivity index (χ3v) is 4.93. The van der Waals surface area contributed by atoms with Crippen molar-refractivity contribution < 1.29 is 18.6 Å². The van der Waals surface area contributed by atoms with Crippen LogP contribution in [0.1, 0.15) is 24.0 Å². The van der Waals surface area contributed by atoms with Gasteiger partial charge in [-0.1, -0.05) is 18.2 Å². The van der Waals surface area contributed by atoms with E-state index in [1.54, 1.807) is 25.3 Å². The van der Waals surface area contributed by atoms with Crippen LogP contribution in [0.2, 0.25) is 0 Å². The van der Waals surface area contributed by atoms with E-state index < -0.39 is 0 Å². The molecular weight excluding hydrogens is 401 g/mol. The summed E-state index contributed by atoms with van der Waals surface area (Å²) in [5.74, 6) is 0.904.